The molecule has 0 saturated carbocycles. The molecule has 1 unspecified atom stereocenters. The van der Waals surface area contributed by atoms with Gasteiger partial charge >= 0.3 is 0 Å². The van der Waals surface area contributed by atoms with E-state index < -0.39 is 8.07 Å². The quantitative estimate of drug-likeness (QED) is 0.384. The van der Waals surface area contributed by atoms with Gasteiger partial charge < -0.3 is 4.79 Å². The van der Waals surface area contributed by atoms with Crippen molar-refractivity contribution in [3.8, 4) is 0 Å². The van der Waals surface area contributed by atoms with Crippen molar-refractivity contribution in [3.05, 3.63) is 12.7 Å². The van der Waals surface area contributed by atoms with Gasteiger partial charge in [-0.25, -0.2) is 0 Å². The van der Waals surface area contributed by atoms with E-state index in [4.69, 9.17) is 0 Å². The SMILES string of the molecule is C=CC(C)(C=O)[Si](C)(C)C(C)(C)C. The van der Waals surface area contributed by atoms with Crippen LogP contribution in [0.2, 0.25) is 23.2 Å². The minimum atomic E-state index is -1.64. The van der Waals surface area contributed by atoms with Crippen molar-refractivity contribution in [2.75, 3.05) is 0 Å². The lowest BCUT2D eigenvalue weighted by molar-refractivity contribution is -0.109. The second-order valence-corrected chi connectivity index (χ2v) is 11.3. The minimum Gasteiger partial charge on any atom is -0.303 e. The normalized spacial score (nSPS) is 17.7. The molecular formula is C11H22OSi. The summed E-state index contributed by atoms with van der Waals surface area (Å²) in [5.74, 6) is 0. The molecule has 1 atom stereocenters. The molecule has 0 bridgehead atoms. The topological polar surface area (TPSA) is 17.1 Å². The van der Waals surface area contributed by atoms with Crippen LogP contribution in [0.25, 0.3) is 0 Å². The van der Waals surface area contributed by atoms with Crippen LogP contribution in [0.5, 0.6) is 0 Å². The molecule has 0 aliphatic heterocycles. The van der Waals surface area contributed by atoms with Crippen LogP contribution in [0.15, 0.2) is 12.7 Å². The number of carbonyl (C=O) groups excluding carboxylic acids is 1. The summed E-state index contributed by atoms with van der Waals surface area (Å²) in [7, 11) is -1.64. The molecule has 0 N–H and O–H groups in total. The van der Waals surface area contributed by atoms with Gasteiger partial charge in [-0.05, 0) is 5.04 Å². The van der Waals surface area contributed by atoms with Crippen molar-refractivity contribution in [2.24, 2.45) is 0 Å². The lowest BCUT2D eigenvalue weighted by Gasteiger charge is -2.46. The van der Waals surface area contributed by atoms with Crippen molar-refractivity contribution in [1.82, 2.24) is 0 Å². The summed E-state index contributed by atoms with van der Waals surface area (Å²) in [6.45, 7) is 16.9. The van der Waals surface area contributed by atoms with Gasteiger partial charge in [0.15, 0.2) is 0 Å². The molecule has 0 aliphatic rings. The smallest absolute Gasteiger partial charge is 0.126 e. The van der Waals surface area contributed by atoms with Crippen molar-refractivity contribution in [3.63, 3.8) is 0 Å². The van der Waals surface area contributed by atoms with Crippen LogP contribution in [0, 0.1) is 0 Å². The largest absolute Gasteiger partial charge is 0.303 e. The van der Waals surface area contributed by atoms with Crippen LogP contribution < -0.4 is 0 Å². The predicted octanol–water partition coefficient (Wildman–Crippen LogP) is 3.64. The van der Waals surface area contributed by atoms with Gasteiger partial charge in [-0.2, -0.15) is 0 Å². The summed E-state index contributed by atoms with van der Waals surface area (Å²) >= 11 is 0. The Labute approximate surface area is 83.2 Å². The molecule has 1 nitrogen and oxygen atoms in total. The van der Waals surface area contributed by atoms with Gasteiger partial charge in [0.2, 0.25) is 0 Å². The summed E-state index contributed by atoms with van der Waals surface area (Å²) in [5.41, 5.74) is 0. The first kappa shape index (κ1) is 12.6. The third-order valence-corrected chi connectivity index (χ3v) is 10.7. The van der Waals surface area contributed by atoms with E-state index in [1.807, 2.05) is 13.0 Å². The summed E-state index contributed by atoms with van der Waals surface area (Å²) < 4.78 is 0. The highest BCUT2D eigenvalue weighted by Gasteiger charge is 2.48. The number of aldehydes is 1. The van der Waals surface area contributed by atoms with Crippen LogP contribution in [0.4, 0.5) is 0 Å². The lowest BCUT2D eigenvalue weighted by Crippen LogP contribution is -2.48. The van der Waals surface area contributed by atoms with E-state index in [9.17, 15) is 4.79 Å². The fourth-order valence-corrected chi connectivity index (χ4v) is 3.68. The minimum absolute atomic E-state index is 0.219. The van der Waals surface area contributed by atoms with Crippen LogP contribution in [0.3, 0.4) is 0 Å². The molecule has 0 fully saturated rings. The average Bonchev–Trinajstić information content (AvgIpc) is 2.00. The maximum atomic E-state index is 11.1. The van der Waals surface area contributed by atoms with Gasteiger partial charge in [0.1, 0.15) is 6.29 Å². The van der Waals surface area contributed by atoms with E-state index >= 15 is 0 Å². The van der Waals surface area contributed by atoms with Gasteiger partial charge in [0.05, 0.1) is 8.07 Å². The summed E-state index contributed by atoms with van der Waals surface area (Å²) in [6, 6.07) is 0. The Morgan fingerprint density at radius 3 is 1.62 bits per heavy atom. The summed E-state index contributed by atoms with van der Waals surface area (Å²) in [4.78, 5) is 11.1. The first-order valence-corrected chi connectivity index (χ1v) is 7.72. The molecule has 0 spiro atoms. The number of rotatable bonds is 3. The van der Waals surface area contributed by atoms with Crippen molar-refractivity contribution >= 4 is 14.4 Å². The van der Waals surface area contributed by atoms with Crippen molar-refractivity contribution in [2.45, 2.75) is 50.9 Å². The molecule has 0 aromatic heterocycles. The molecule has 13 heavy (non-hydrogen) atoms. The second kappa shape index (κ2) is 3.41. The van der Waals surface area contributed by atoms with E-state index in [1.165, 1.54) is 0 Å². The number of allylic oxidation sites excluding steroid dienone is 1. The van der Waals surface area contributed by atoms with Crippen LogP contribution in [-0.4, -0.2) is 14.4 Å². The zero-order valence-electron chi connectivity index (χ0n) is 9.77. The Bertz CT molecular complexity index is 203. The van der Waals surface area contributed by atoms with E-state index in [-0.39, 0.29) is 10.1 Å². The standard InChI is InChI=1S/C11H22OSi/c1-8-11(5,9-12)13(6,7)10(2,3)4/h8-9H,1H2,2-7H3. The van der Waals surface area contributed by atoms with E-state index in [0.717, 1.165) is 6.29 Å². The fraction of sp³-hybridized carbons (Fsp3) is 0.727. The van der Waals surface area contributed by atoms with Crippen LogP contribution >= 0.6 is 0 Å². The average molecular weight is 198 g/mol. The van der Waals surface area contributed by atoms with Gasteiger partial charge in [-0.15, -0.1) is 6.58 Å². The molecule has 0 aromatic carbocycles. The fourth-order valence-electron chi connectivity index (χ4n) is 1.26. The molecule has 0 aromatic rings. The molecule has 0 amide bonds. The Kier molecular flexibility index (Phi) is 3.31. The molecule has 0 aliphatic carbocycles. The predicted molar refractivity (Wildman–Crippen MR) is 61.8 cm³/mol. The molecule has 0 saturated heterocycles. The van der Waals surface area contributed by atoms with E-state index in [1.54, 1.807) is 0 Å². The van der Waals surface area contributed by atoms with Crippen LogP contribution in [0.1, 0.15) is 27.7 Å². The highest BCUT2D eigenvalue weighted by Crippen LogP contribution is 2.50. The van der Waals surface area contributed by atoms with E-state index in [2.05, 4.69) is 40.4 Å². The summed E-state index contributed by atoms with van der Waals surface area (Å²) in [6.07, 6.45) is 2.88. The highest BCUT2D eigenvalue weighted by molar-refractivity contribution is 6.85. The third-order valence-electron chi connectivity index (χ3n) is 3.89. The molecule has 0 rings (SSSR count). The monoisotopic (exact) mass is 198 g/mol. The van der Waals surface area contributed by atoms with Gasteiger partial charge in [-0.1, -0.05) is 46.9 Å². The molecule has 0 radical (unpaired) electrons. The number of hydrogen-bond donors (Lipinski definition) is 0. The van der Waals surface area contributed by atoms with Gasteiger partial charge in [-0.3, -0.25) is 0 Å². The molecule has 0 heterocycles. The first-order valence-electron chi connectivity index (χ1n) is 4.72. The first-order chi connectivity index (χ1) is 5.62. The Morgan fingerprint density at radius 1 is 1.15 bits per heavy atom. The molecular weight excluding hydrogens is 176 g/mol. The second-order valence-electron chi connectivity index (χ2n) is 5.48. The van der Waals surface area contributed by atoms with Gasteiger partial charge in [0.25, 0.3) is 0 Å². The van der Waals surface area contributed by atoms with Gasteiger partial charge in [0, 0.05) is 5.04 Å². The maximum absolute atomic E-state index is 11.1. The summed E-state index contributed by atoms with van der Waals surface area (Å²) in [5, 5.41) is -0.0951. The van der Waals surface area contributed by atoms with E-state index in [0.29, 0.717) is 0 Å². The zero-order valence-corrected chi connectivity index (χ0v) is 10.8. The Morgan fingerprint density at radius 2 is 1.54 bits per heavy atom. The molecule has 76 valence electrons. The zero-order chi connectivity index (χ0) is 10.9. The van der Waals surface area contributed by atoms with Crippen molar-refractivity contribution < 1.29 is 4.79 Å². The highest BCUT2D eigenvalue weighted by atomic mass is 28.3. The number of hydrogen-bond acceptors (Lipinski definition) is 1. The Balaban J connectivity index is 5.24. The molecule has 2 heteroatoms. The van der Waals surface area contributed by atoms with Crippen LogP contribution in [-0.2, 0) is 4.79 Å². The number of carbonyl (C=O) groups is 1. The lowest BCUT2D eigenvalue weighted by atomic mass is 10.2. The Hall–Kier alpha value is -0.373. The maximum Gasteiger partial charge on any atom is 0.126 e. The third kappa shape index (κ3) is 1.93. The van der Waals surface area contributed by atoms with Crippen molar-refractivity contribution in [1.29, 1.82) is 0 Å².